The van der Waals surface area contributed by atoms with Crippen LogP contribution < -0.4 is 5.73 Å². The SMILES string of the molecule is CC1(c2noc(-c3cccc(N)n3)n2)CCCO1. The minimum absolute atomic E-state index is 0.369. The molecule has 0 saturated carbocycles. The van der Waals surface area contributed by atoms with Crippen LogP contribution in [-0.2, 0) is 10.3 Å². The van der Waals surface area contributed by atoms with Crippen molar-refractivity contribution < 1.29 is 9.26 Å². The summed E-state index contributed by atoms with van der Waals surface area (Å²) in [7, 11) is 0. The van der Waals surface area contributed by atoms with Crippen LogP contribution >= 0.6 is 0 Å². The molecule has 1 aliphatic heterocycles. The normalized spacial score (nSPS) is 23.4. The van der Waals surface area contributed by atoms with E-state index in [0.717, 1.165) is 19.4 Å². The molecule has 0 aromatic carbocycles. The van der Waals surface area contributed by atoms with E-state index in [0.29, 0.717) is 23.2 Å². The van der Waals surface area contributed by atoms with Crippen molar-refractivity contribution in [1.82, 2.24) is 15.1 Å². The second kappa shape index (κ2) is 4.06. The van der Waals surface area contributed by atoms with Crippen molar-refractivity contribution in [3.05, 3.63) is 24.0 Å². The van der Waals surface area contributed by atoms with Gasteiger partial charge in [-0.25, -0.2) is 4.98 Å². The van der Waals surface area contributed by atoms with Crippen LogP contribution in [0.25, 0.3) is 11.6 Å². The standard InChI is InChI=1S/C12H14N4O2/c1-12(6-3-7-17-12)11-15-10(18-16-11)8-4-2-5-9(13)14-8/h2,4-5H,3,6-7H2,1H3,(H2,13,14). The fourth-order valence-electron chi connectivity index (χ4n) is 2.07. The lowest BCUT2D eigenvalue weighted by molar-refractivity contribution is 0.00768. The van der Waals surface area contributed by atoms with E-state index in [1.54, 1.807) is 18.2 Å². The molecule has 3 heterocycles. The summed E-state index contributed by atoms with van der Waals surface area (Å²) in [5.41, 5.74) is 5.76. The molecule has 6 heteroatoms. The van der Waals surface area contributed by atoms with Gasteiger partial charge in [-0.15, -0.1) is 0 Å². The molecule has 0 radical (unpaired) electrons. The fourth-order valence-corrected chi connectivity index (χ4v) is 2.07. The maximum Gasteiger partial charge on any atom is 0.276 e. The molecule has 1 saturated heterocycles. The molecule has 1 fully saturated rings. The van der Waals surface area contributed by atoms with Gasteiger partial charge in [0.15, 0.2) is 0 Å². The topological polar surface area (TPSA) is 87.1 Å². The molecule has 1 aliphatic rings. The lowest BCUT2D eigenvalue weighted by Crippen LogP contribution is -2.21. The Hall–Kier alpha value is -1.95. The Balaban J connectivity index is 1.94. The number of nitrogen functional groups attached to an aromatic ring is 1. The van der Waals surface area contributed by atoms with Crippen molar-refractivity contribution >= 4 is 5.82 Å². The van der Waals surface area contributed by atoms with E-state index in [4.69, 9.17) is 15.0 Å². The summed E-state index contributed by atoms with van der Waals surface area (Å²) in [6.45, 7) is 2.71. The number of hydrogen-bond acceptors (Lipinski definition) is 6. The van der Waals surface area contributed by atoms with Gasteiger partial charge >= 0.3 is 0 Å². The molecule has 3 rings (SSSR count). The highest BCUT2D eigenvalue weighted by molar-refractivity contribution is 5.50. The molecular weight excluding hydrogens is 232 g/mol. The lowest BCUT2D eigenvalue weighted by Gasteiger charge is -2.17. The highest BCUT2D eigenvalue weighted by atomic mass is 16.5. The van der Waals surface area contributed by atoms with Crippen LogP contribution in [0.3, 0.4) is 0 Å². The average Bonchev–Trinajstić information content (AvgIpc) is 2.98. The van der Waals surface area contributed by atoms with Gasteiger partial charge in [-0.1, -0.05) is 11.2 Å². The third kappa shape index (κ3) is 1.84. The van der Waals surface area contributed by atoms with Crippen LogP contribution in [0.15, 0.2) is 22.7 Å². The van der Waals surface area contributed by atoms with Gasteiger partial charge < -0.3 is 15.0 Å². The van der Waals surface area contributed by atoms with Crippen molar-refractivity contribution in [1.29, 1.82) is 0 Å². The smallest absolute Gasteiger partial charge is 0.276 e. The Kier molecular flexibility index (Phi) is 2.52. The molecule has 94 valence electrons. The van der Waals surface area contributed by atoms with Gasteiger partial charge in [-0.2, -0.15) is 4.98 Å². The first-order chi connectivity index (χ1) is 8.67. The minimum atomic E-state index is -0.442. The molecular formula is C12H14N4O2. The Labute approximate surface area is 104 Å². The summed E-state index contributed by atoms with van der Waals surface area (Å²) in [5, 5.41) is 3.98. The predicted molar refractivity (Wildman–Crippen MR) is 64.5 cm³/mol. The van der Waals surface area contributed by atoms with Crippen LogP contribution in [0.4, 0.5) is 5.82 Å². The van der Waals surface area contributed by atoms with Crippen LogP contribution in [0.5, 0.6) is 0 Å². The summed E-state index contributed by atoms with van der Waals surface area (Å²) < 4.78 is 10.9. The van der Waals surface area contributed by atoms with Gasteiger partial charge in [0.05, 0.1) is 0 Å². The first-order valence-corrected chi connectivity index (χ1v) is 5.88. The van der Waals surface area contributed by atoms with Crippen molar-refractivity contribution in [3.8, 4) is 11.6 Å². The molecule has 6 nitrogen and oxygen atoms in total. The number of rotatable bonds is 2. The molecule has 0 aliphatic carbocycles. The van der Waals surface area contributed by atoms with Gasteiger partial charge in [0.1, 0.15) is 17.1 Å². The molecule has 0 spiro atoms. The average molecular weight is 246 g/mol. The van der Waals surface area contributed by atoms with Crippen molar-refractivity contribution in [3.63, 3.8) is 0 Å². The highest BCUT2D eigenvalue weighted by Gasteiger charge is 2.36. The van der Waals surface area contributed by atoms with Crippen LogP contribution in [0.2, 0.25) is 0 Å². The second-order valence-corrected chi connectivity index (χ2v) is 4.55. The zero-order valence-corrected chi connectivity index (χ0v) is 10.1. The van der Waals surface area contributed by atoms with Gasteiger partial charge in [-0.05, 0) is 31.9 Å². The number of nitrogens with two attached hydrogens (primary N) is 1. The van der Waals surface area contributed by atoms with Crippen molar-refractivity contribution in [2.45, 2.75) is 25.4 Å². The Morgan fingerprint density at radius 1 is 1.33 bits per heavy atom. The Bertz CT molecular complexity index is 561. The maximum atomic E-state index is 5.67. The van der Waals surface area contributed by atoms with Gasteiger partial charge in [-0.3, -0.25) is 0 Å². The summed E-state index contributed by atoms with van der Waals surface area (Å²) >= 11 is 0. The van der Waals surface area contributed by atoms with E-state index in [1.807, 2.05) is 6.92 Å². The highest BCUT2D eigenvalue weighted by Crippen LogP contribution is 2.34. The number of pyridine rings is 1. The molecule has 2 aromatic heterocycles. The number of nitrogens with zero attached hydrogens (tertiary/aromatic N) is 3. The zero-order chi connectivity index (χ0) is 12.6. The maximum absolute atomic E-state index is 5.67. The molecule has 0 bridgehead atoms. The first kappa shape index (κ1) is 11.2. The number of anilines is 1. The largest absolute Gasteiger partial charge is 0.384 e. The summed E-state index contributed by atoms with van der Waals surface area (Å²) in [6.07, 6.45) is 1.91. The fraction of sp³-hybridized carbons (Fsp3) is 0.417. The summed E-state index contributed by atoms with van der Waals surface area (Å²) in [5.74, 6) is 1.36. The van der Waals surface area contributed by atoms with E-state index >= 15 is 0 Å². The Morgan fingerprint density at radius 3 is 2.94 bits per heavy atom. The molecule has 2 N–H and O–H groups in total. The van der Waals surface area contributed by atoms with E-state index in [9.17, 15) is 0 Å². The number of aromatic nitrogens is 3. The third-order valence-electron chi connectivity index (χ3n) is 3.11. The van der Waals surface area contributed by atoms with Crippen molar-refractivity contribution in [2.75, 3.05) is 12.3 Å². The molecule has 0 amide bonds. The quantitative estimate of drug-likeness (QED) is 0.868. The monoisotopic (exact) mass is 246 g/mol. The summed E-state index contributed by atoms with van der Waals surface area (Å²) in [6, 6.07) is 5.29. The second-order valence-electron chi connectivity index (χ2n) is 4.55. The summed E-state index contributed by atoms with van der Waals surface area (Å²) in [4.78, 5) is 8.50. The van der Waals surface area contributed by atoms with E-state index in [2.05, 4.69) is 15.1 Å². The van der Waals surface area contributed by atoms with E-state index < -0.39 is 5.60 Å². The lowest BCUT2D eigenvalue weighted by atomic mass is 10.0. The Morgan fingerprint density at radius 2 is 2.22 bits per heavy atom. The van der Waals surface area contributed by atoms with Gasteiger partial charge in [0, 0.05) is 6.61 Å². The van der Waals surface area contributed by atoms with Crippen LogP contribution in [-0.4, -0.2) is 21.7 Å². The number of hydrogen-bond donors (Lipinski definition) is 1. The minimum Gasteiger partial charge on any atom is -0.384 e. The van der Waals surface area contributed by atoms with Gasteiger partial charge in [0.2, 0.25) is 5.82 Å². The van der Waals surface area contributed by atoms with Crippen molar-refractivity contribution in [2.24, 2.45) is 0 Å². The van der Waals surface area contributed by atoms with Crippen LogP contribution in [0.1, 0.15) is 25.6 Å². The van der Waals surface area contributed by atoms with E-state index in [-0.39, 0.29) is 0 Å². The molecule has 2 aromatic rings. The first-order valence-electron chi connectivity index (χ1n) is 5.88. The predicted octanol–water partition coefficient (Wildman–Crippen LogP) is 1.74. The third-order valence-corrected chi connectivity index (χ3v) is 3.11. The van der Waals surface area contributed by atoms with Crippen LogP contribution in [0, 0.1) is 0 Å². The van der Waals surface area contributed by atoms with E-state index in [1.165, 1.54) is 0 Å². The zero-order valence-electron chi connectivity index (χ0n) is 10.1. The molecule has 18 heavy (non-hydrogen) atoms. The van der Waals surface area contributed by atoms with Gasteiger partial charge in [0.25, 0.3) is 5.89 Å². The number of ether oxygens (including phenoxy) is 1. The molecule has 1 atom stereocenters. The molecule has 1 unspecified atom stereocenters.